The SMILES string of the molecule is CCCCCCCC(=O)N/N=C(\C)CC. The molecule has 0 aliphatic rings. The molecular formula is C12H24N2O. The Morgan fingerprint density at radius 2 is 1.80 bits per heavy atom. The van der Waals surface area contributed by atoms with Crippen LogP contribution >= 0.6 is 0 Å². The predicted octanol–water partition coefficient (Wildman–Crippen LogP) is 3.25. The molecule has 15 heavy (non-hydrogen) atoms. The van der Waals surface area contributed by atoms with Crippen LogP contribution in [-0.4, -0.2) is 11.6 Å². The predicted molar refractivity (Wildman–Crippen MR) is 64.9 cm³/mol. The van der Waals surface area contributed by atoms with Crippen LogP contribution in [0.2, 0.25) is 0 Å². The second-order valence-corrected chi connectivity index (χ2v) is 3.90. The van der Waals surface area contributed by atoms with Gasteiger partial charge in [-0.25, -0.2) is 5.43 Å². The van der Waals surface area contributed by atoms with Crippen LogP contribution in [0.5, 0.6) is 0 Å². The topological polar surface area (TPSA) is 41.5 Å². The number of hydrazone groups is 1. The van der Waals surface area contributed by atoms with Gasteiger partial charge in [0.05, 0.1) is 0 Å². The van der Waals surface area contributed by atoms with E-state index >= 15 is 0 Å². The van der Waals surface area contributed by atoms with Gasteiger partial charge in [-0.3, -0.25) is 4.79 Å². The Kier molecular flexibility index (Phi) is 9.13. The summed E-state index contributed by atoms with van der Waals surface area (Å²) in [7, 11) is 0. The van der Waals surface area contributed by atoms with E-state index in [1.807, 2.05) is 13.8 Å². The lowest BCUT2D eigenvalue weighted by Crippen LogP contribution is -2.18. The lowest BCUT2D eigenvalue weighted by Gasteiger charge is -2.01. The van der Waals surface area contributed by atoms with Gasteiger partial charge in [-0.1, -0.05) is 39.5 Å². The number of nitrogens with zero attached hydrogens (tertiary/aromatic N) is 1. The molecule has 0 fully saturated rings. The fourth-order valence-electron chi connectivity index (χ4n) is 1.18. The van der Waals surface area contributed by atoms with Crippen molar-refractivity contribution >= 4 is 11.6 Å². The molecule has 0 aromatic heterocycles. The first kappa shape index (κ1) is 14.1. The lowest BCUT2D eigenvalue weighted by atomic mass is 10.1. The number of rotatable bonds is 8. The number of nitrogens with one attached hydrogen (secondary N) is 1. The van der Waals surface area contributed by atoms with E-state index in [0.717, 1.165) is 25.0 Å². The Labute approximate surface area is 93.3 Å². The van der Waals surface area contributed by atoms with Crippen LogP contribution in [0, 0.1) is 0 Å². The molecule has 0 aromatic carbocycles. The molecule has 0 saturated heterocycles. The van der Waals surface area contributed by atoms with Crippen molar-refractivity contribution in [3.05, 3.63) is 0 Å². The Morgan fingerprint density at radius 1 is 1.13 bits per heavy atom. The van der Waals surface area contributed by atoms with Gasteiger partial charge in [0.25, 0.3) is 0 Å². The van der Waals surface area contributed by atoms with Crippen LogP contribution < -0.4 is 5.43 Å². The van der Waals surface area contributed by atoms with E-state index in [4.69, 9.17) is 0 Å². The molecule has 0 saturated carbocycles. The Balaban J connectivity index is 3.41. The van der Waals surface area contributed by atoms with Crippen molar-refractivity contribution in [3.63, 3.8) is 0 Å². The third kappa shape index (κ3) is 9.44. The first-order chi connectivity index (χ1) is 7.20. The number of carbonyl (C=O) groups excluding carboxylic acids is 1. The summed E-state index contributed by atoms with van der Waals surface area (Å²) in [5.41, 5.74) is 3.54. The van der Waals surface area contributed by atoms with Gasteiger partial charge in [-0.2, -0.15) is 5.10 Å². The van der Waals surface area contributed by atoms with Crippen LogP contribution in [0.25, 0.3) is 0 Å². The molecule has 0 spiro atoms. The standard InChI is InChI=1S/C12H24N2O/c1-4-6-7-8-9-10-12(15)14-13-11(3)5-2/h4-10H2,1-3H3,(H,14,15)/b13-11+. The number of amides is 1. The summed E-state index contributed by atoms with van der Waals surface area (Å²) in [5, 5.41) is 3.97. The van der Waals surface area contributed by atoms with Crippen molar-refractivity contribution in [2.24, 2.45) is 5.10 Å². The van der Waals surface area contributed by atoms with Gasteiger partial charge in [0.1, 0.15) is 0 Å². The minimum atomic E-state index is 0.0410. The monoisotopic (exact) mass is 212 g/mol. The van der Waals surface area contributed by atoms with Gasteiger partial charge in [0.2, 0.25) is 5.91 Å². The number of unbranched alkanes of at least 4 members (excludes halogenated alkanes) is 4. The normalized spacial score (nSPS) is 11.5. The molecule has 0 rings (SSSR count). The van der Waals surface area contributed by atoms with Crippen molar-refractivity contribution in [1.29, 1.82) is 0 Å². The van der Waals surface area contributed by atoms with Crippen molar-refractivity contribution < 1.29 is 4.79 Å². The van der Waals surface area contributed by atoms with Crippen molar-refractivity contribution in [2.75, 3.05) is 0 Å². The first-order valence-corrected chi connectivity index (χ1v) is 6.02. The number of carbonyl (C=O) groups is 1. The molecule has 3 heteroatoms. The summed E-state index contributed by atoms with van der Waals surface area (Å²) >= 11 is 0. The minimum absolute atomic E-state index is 0.0410. The smallest absolute Gasteiger partial charge is 0.240 e. The third-order valence-corrected chi connectivity index (χ3v) is 2.39. The molecule has 0 aliphatic carbocycles. The quantitative estimate of drug-likeness (QED) is 0.374. The van der Waals surface area contributed by atoms with Crippen molar-refractivity contribution in [2.45, 2.75) is 65.7 Å². The molecule has 0 aliphatic heterocycles. The van der Waals surface area contributed by atoms with E-state index in [-0.39, 0.29) is 5.91 Å². The molecule has 88 valence electrons. The molecule has 1 amide bonds. The van der Waals surface area contributed by atoms with Crippen molar-refractivity contribution in [3.8, 4) is 0 Å². The number of hydrogen-bond donors (Lipinski definition) is 1. The molecule has 0 radical (unpaired) electrons. The molecule has 0 heterocycles. The average molecular weight is 212 g/mol. The van der Waals surface area contributed by atoms with Crippen LogP contribution in [0.4, 0.5) is 0 Å². The van der Waals surface area contributed by atoms with Gasteiger partial charge >= 0.3 is 0 Å². The second kappa shape index (κ2) is 9.69. The van der Waals surface area contributed by atoms with Gasteiger partial charge < -0.3 is 0 Å². The van der Waals surface area contributed by atoms with Gasteiger partial charge in [0.15, 0.2) is 0 Å². The highest BCUT2D eigenvalue weighted by Crippen LogP contribution is 2.04. The highest BCUT2D eigenvalue weighted by molar-refractivity contribution is 5.84. The maximum atomic E-state index is 11.3. The van der Waals surface area contributed by atoms with Gasteiger partial charge in [-0.05, 0) is 19.8 Å². The molecule has 1 N–H and O–H groups in total. The molecule has 0 bridgehead atoms. The maximum Gasteiger partial charge on any atom is 0.240 e. The lowest BCUT2D eigenvalue weighted by molar-refractivity contribution is -0.121. The van der Waals surface area contributed by atoms with E-state index in [2.05, 4.69) is 17.5 Å². The average Bonchev–Trinajstić information content (AvgIpc) is 2.25. The summed E-state index contributed by atoms with van der Waals surface area (Å²) in [6.45, 7) is 6.13. The Morgan fingerprint density at radius 3 is 2.40 bits per heavy atom. The Bertz CT molecular complexity index is 200. The fourth-order valence-corrected chi connectivity index (χ4v) is 1.18. The highest BCUT2D eigenvalue weighted by atomic mass is 16.2. The van der Waals surface area contributed by atoms with Crippen molar-refractivity contribution in [1.82, 2.24) is 5.43 Å². The zero-order valence-electron chi connectivity index (χ0n) is 10.3. The maximum absolute atomic E-state index is 11.3. The first-order valence-electron chi connectivity index (χ1n) is 6.02. The number of hydrogen-bond acceptors (Lipinski definition) is 2. The Hall–Kier alpha value is -0.860. The zero-order chi connectivity index (χ0) is 11.5. The third-order valence-electron chi connectivity index (χ3n) is 2.39. The van der Waals surface area contributed by atoms with E-state index in [1.54, 1.807) is 0 Å². The molecule has 3 nitrogen and oxygen atoms in total. The summed E-state index contributed by atoms with van der Waals surface area (Å²) < 4.78 is 0. The molecule has 0 unspecified atom stereocenters. The van der Waals surface area contributed by atoms with E-state index in [1.165, 1.54) is 19.3 Å². The minimum Gasteiger partial charge on any atom is -0.273 e. The van der Waals surface area contributed by atoms with Crippen LogP contribution in [0.15, 0.2) is 5.10 Å². The van der Waals surface area contributed by atoms with Crippen LogP contribution in [0.3, 0.4) is 0 Å². The van der Waals surface area contributed by atoms with Crippen LogP contribution in [0.1, 0.15) is 65.7 Å². The molecule has 0 aromatic rings. The summed E-state index contributed by atoms with van der Waals surface area (Å²) in [5.74, 6) is 0.0410. The largest absolute Gasteiger partial charge is 0.273 e. The molecule has 0 atom stereocenters. The van der Waals surface area contributed by atoms with Gasteiger partial charge in [-0.15, -0.1) is 0 Å². The second-order valence-electron chi connectivity index (χ2n) is 3.90. The summed E-state index contributed by atoms with van der Waals surface area (Å²) in [4.78, 5) is 11.3. The van der Waals surface area contributed by atoms with E-state index < -0.39 is 0 Å². The van der Waals surface area contributed by atoms with E-state index in [0.29, 0.717) is 6.42 Å². The fraction of sp³-hybridized carbons (Fsp3) is 0.833. The summed E-state index contributed by atoms with van der Waals surface area (Å²) in [6, 6.07) is 0. The van der Waals surface area contributed by atoms with Crippen LogP contribution in [-0.2, 0) is 4.79 Å². The summed E-state index contributed by atoms with van der Waals surface area (Å²) in [6.07, 6.45) is 7.37. The van der Waals surface area contributed by atoms with Gasteiger partial charge in [0, 0.05) is 12.1 Å². The highest BCUT2D eigenvalue weighted by Gasteiger charge is 1.99. The zero-order valence-corrected chi connectivity index (χ0v) is 10.3. The molecular weight excluding hydrogens is 188 g/mol. The van der Waals surface area contributed by atoms with E-state index in [9.17, 15) is 4.79 Å².